The number of rotatable bonds is 5. The van der Waals surface area contributed by atoms with Crippen LogP contribution >= 0.6 is 0 Å². The fourth-order valence-electron chi connectivity index (χ4n) is 2.87. The Labute approximate surface area is 124 Å². The van der Waals surface area contributed by atoms with Crippen LogP contribution < -0.4 is 5.32 Å². The van der Waals surface area contributed by atoms with E-state index in [0.717, 1.165) is 32.1 Å². The fourth-order valence-corrected chi connectivity index (χ4v) is 2.87. The van der Waals surface area contributed by atoms with Gasteiger partial charge in [-0.2, -0.15) is 0 Å². The van der Waals surface area contributed by atoms with Gasteiger partial charge in [0.1, 0.15) is 6.04 Å². The van der Waals surface area contributed by atoms with Gasteiger partial charge in [0.15, 0.2) is 6.10 Å². The van der Waals surface area contributed by atoms with Crippen LogP contribution in [0.5, 0.6) is 0 Å². The zero-order chi connectivity index (χ0) is 15.2. The number of carbonyl (C=O) groups is 2. The molecule has 21 heavy (non-hydrogen) atoms. The summed E-state index contributed by atoms with van der Waals surface area (Å²) in [6.45, 7) is 0. The normalized spacial score (nSPS) is 18.7. The molecule has 0 aliphatic heterocycles. The van der Waals surface area contributed by atoms with Crippen LogP contribution in [0.2, 0.25) is 0 Å². The topological polar surface area (TPSA) is 86.6 Å². The Bertz CT molecular complexity index is 482. The molecule has 1 aliphatic rings. The predicted octanol–water partition coefficient (Wildman–Crippen LogP) is 1.87. The van der Waals surface area contributed by atoms with Crippen LogP contribution in [0.1, 0.15) is 43.8 Å². The van der Waals surface area contributed by atoms with Gasteiger partial charge in [0.25, 0.3) is 5.91 Å². The fraction of sp³-hybridized carbons (Fsp3) is 0.500. The lowest BCUT2D eigenvalue weighted by atomic mass is 9.83. The number of hydrogen-bond acceptors (Lipinski definition) is 3. The molecule has 1 aromatic carbocycles. The lowest BCUT2D eigenvalue weighted by molar-refractivity contribution is -0.145. The van der Waals surface area contributed by atoms with Crippen molar-refractivity contribution in [3.8, 4) is 0 Å². The molecule has 5 heteroatoms. The summed E-state index contributed by atoms with van der Waals surface area (Å²) < 4.78 is 0. The van der Waals surface area contributed by atoms with Gasteiger partial charge >= 0.3 is 5.97 Å². The average molecular weight is 291 g/mol. The maximum atomic E-state index is 12.1. The minimum Gasteiger partial charge on any atom is -0.480 e. The molecule has 1 saturated carbocycles. The van der Waals surface area contributed by atoms with Gasteiger partial charge in [-0.3, -0.25) is 4.79 Å². The lowest BCUT2D eigenvalue weighted by Gasteiger charge is -2.28. The highest BCUT2D eigenvalue weighted by Gasteiger charge is 2.32. The van der Waals surface area contributed by atoms with Crippen molar-refractivity contribution in [1.82, 2.24) is 5.32 Å². The third-order valence-electron chi connectivity index (χ3n) is 4.05. The number of aliphatic hydroxyl groups excluding tert-OH is 1. The summed E-state index contributed by atoms with van der Waals surface area (Å²) in [5.74, 6) is -1.74. The molecule has 3 N–H and O–H groups in total. The smallest absolute Gasteiger partial charge is 0.326 e. The van der Waals surface area contributed by atoms with Crippen LogP contribution in [-0.2, 0) is 9.59 Å². The van der Waals surface area contributed by atoms with Gasteiger partial charge < -0.3 is 15.5 Å². The van der Waals surface area contributed by atoms with E-state index in [1.807, 2.05) is 0 Å². The molecule has 1 aromatic rings. The zero-order valence-electron chi connectivity index (χ0n) is 11.9. The first-order valence-electron chi connectivity index (χ1n) is 7.36. The predicted molar refractivity (Wildman–Crippen MR) is 77.5 cm³/mol. The molecule has 114 valence electrons. The number of aliphatic hydroxyl groups is 1. The van der Waals surface area contributed by atoms with Crippen molar-refractivity contribution in [2.24, 2.45) is 5.92 Å². The molecular weight excluding hydrogens is 270 g/mol. The summed E-state index contributed by atoms with van der Waals surface area (Å²) >= 11 is 0. The van der Waals surface area contributed by atoms with Crippen molar-refractivity contribution in [2.75, 3.05) is 0 Å². The van der Waals surface area contributed by atoms with Gasteiger partial charge in [0.05, 0.1) is 0 Å². The molecular formula is C16H21NO4. The maximum Gasteiger partial charge on any atom is 0.326 e. The SMILES string of the molecule is O=C(NC(C(=O)O)C1CCCCC1)C(O)c1ccccc1. The molecule has 0 spiro atoms. The highest BCUT2D eigenvalue weighted by Crippen LogP contribution is 2.27. The first kappa shape index (κ1) is 15.5. The van der Waals surface area contributed by atoms with Gasteiger partial charge in [0.2, 0.25) is 0 Å². The zero-order valence-corrected chi connectivity index (χ0v) is 11.9. The highest BCUT2D eigenvalue weighted by molar-refractivity contribution is 5.87. The van der Waals surface area contributed by atoms with E-state index >= 15 is 0 Å². The van der Waals surface area contributed by atoms with Gasteiger partial charge in [-0.1, -0.05) is 49.6 Å². The molecule has 0 bridgehead atoms. The molecule has 2 unspecified atom stereocenters. The van der Waals surface area contributed by atoms with Gasteiger partial charge in [-0.25, -0.2) is 4.79 Å². The standard InChI is InChI=1S/C16H21NO4/c18-14(12-9-5-2-6-10-12)15(19)17-13(16(20)21)11-7-3-1-4-8-11/h2,5-6,9-11,13-14,18H,1,3-4,7-8H2,(H,17,19)(H,20,21). The summed E-state index contributed by atoms with van der Waals surface area (Å²) in [5.41, 5.74) is 0.461. The molecule has 1 aliphatic carbocycles. The molecule has 2 atom stereocenters. The number of hydrogen-bond donors (Lipinski definition) is 3. The number of carbonyl (C=O) groups excluding carboxylic acids is 1. The Kier molecular flexibility index (Phi) is 5.33. The summed E-state index contributed by atoms with van der Waals surface area (Å²) in [6, 6.07) is 7.59. The van der Waals surface area contributed by atoms with E-state index in [2.05, 4.69) is 5.32 Å². The number of carboxylic acid groups (broad SMARTS) is 1. The van der Waals surface area contributed by atoms with E-state index in [1.54, 1.807) is 30.3 Å². The Morgan fingerprint density at radius 3 is 2.29 bits per heavy atom. The lowest BCUT2D eigenvalue weighted by Crippen LogP contribution is -2.48. The third kappa shape index (κ3) is 4.04. The molecule has 0 radical (unpaired) electrons. The van der Waals surface area contributed by atoms with Gasteiger partial charge in [-0.15, -0.1) is 0 Å². The molecule has 5 nitrogen and oxygen atoms in total. The van der Waals surface area contributed by atoms with E-state index in [1.165, 1.54) is 0 Å². The van der Waals surface area contributed by atoms with Crippen molar-refractivity contribution in [2.45, 2.75) is 44.2 Å². The summed E-state index contributed by atoms with van der Waals surface area (Å²) in [6.07, 6.45) is 3.37. The molecule has 0 heterocycles. The molecule has 0 aromatic heterocycles. The largest absolute Gasteiger partial charge is 0.480 e. The van der Waals surface area contributed by atoms with Gasteiger partial charge in [0, 0.05) is 0 Å². The number of amides is 1. The van der Waals surface area contributed by atoms with Crippen molar-refractivity contribution < 1.29 is 19.8 Å². The van der Waals surface area contributed by atoms with Crippen molar-refractivity contribution in [1.29, 1.82) is 0 Å². The number of nitrogens with one attached hydrogen (secondary N) is 1. The van der Waals surface area contributed by atoms with Crippen molar-refractivity contribution >= 4 is 11.9 Å². The van der Waals surface area contributed by atoms with Crippen LogP contribution in [0.25, 0.3) is 0 Å². The summed E-state index contributed by atoms with van der Waals surface area (Å²) in [4.78, 5) is 23.5. The Morgan fingerprint density at radius 2 is 1.71 bits per heavy atom. The number of carboxylic acids is 1. The number of benzene rings is 1. The summed E-state index contributed by atoms with van der Waals surface area (Å²) in [5, 5.41) is 21.8. The van der Waals surface area contributed by atoms with E-state index in [-0.39, 0.29) is 5.92 Å². The quantitative estimate of drug-likeness (QED) is 0.773. The van der Waals surface area contributed by atoms with Crippen LogP contribution in [-0.4, -0.2) is 28.1 Å². The maximum absolute atomic E-state index is 12.1. The average Bonchev–Trinajstić information content (AvgIpc) is 2.53. The summed E-state index contributed by atoms with van der Waals surface area (Å²) in [7, 11) is 0. The van der Waals surface area contributed by atoms with E-state index in [4.69, 9.17) is 0 Å². The molecule has 2 rings (SSSR count). The van der Waals surface area contributed by atoms with Crippen molar-refractivity contribution in [3.63, 3.8) is 0 Å². The Morgan fingerprint density at radius 1 is 1.10 bits per heavy atom. The van der Waals surface area contributed by atoms with E-state index in [0.29, 0.717) is 5.56 Å². The first-order chi connectivity index (χ1) is 10.1. The van der Waals surface area contributed by atoms with Crippen molar-refractivity contribution in [3.05, 3.63) is 35.9 Å². The van der Waals surface area contributed by atoms with Crippen LogP contribution in [0.4, 0.5) is 0 Å². The van der Waals surface area contributed by atoms with Crippen LogP contribution in [0, 0.1) is 5.92 Å². The third-order valence-corrected chi connectivity index (χ3v) is 4.05. The van der Waals surface area contributed by atoms with Gasteiger partial charge in [-0.05, 0) is 24.3 Å². The van der Waals surface area contributed by atoms with E-state index < -0.39 is 24.0 Å². The van der Waals surface area contributed by atoms with E-state index in [9.17, 15) is 19.8 Å². The second-order valence-electron chi connectivity index (χ2n) is 5.54. The molecule has 0 saturated heterocycles. The highest BCUT2D eigenvalue weighted by atomic mass is 16.4. The second-order valence-corrected chi connectivity index (χ2v) is 5.54. The Hall–Kier alpha value is -1.88. The Balaban J connectivity index is 2.02. The van der Waals surface area contributed by atoms with Crippen LogP contribution in [0.3, 0.4) is 0 Å². The second kappa shape index (κ2) is 7.22. The monoisotopic (exact) mass is 291 g/mol. The molecule has 1 amide bonds. The number of aliphatic carboxylic acids is 1. The minimum atomic E-state index is -1.34. The molecule has 1 fully saturated rings. The minimum absolute atomic E-state index is 0.0526. The van der Waals surface area contributed by atoms with Crippen LogP contribution in [0.15, 0.2) is 30.3 Å². The first-order valence-corrected chi connectivity index (χ1v) is 7.36.